The molecule has 0 bridgehead atoms. The summed E-state index contributed by atoms with van der Waals surface area (Å²) in [6.07, 6.45) is 2.34. The molecule has 2 N–H and O–H groups in total. The van der Waals surface area contributed by atoms with Crippen LogP contribution in [0.25, 0.3) is 0 Å². The molecule has 0 radical (unpaired) electrons. The summed E-state index contributed by atoms with van der Waals surface area (Å²) in [5.74, 6) is -0.0107. The molecule has 1 saturated heterocycles. The Morgan fingerprint density at radius 1 is 1.02 bits per heavy atom. The summed E-state index contributed by atoms with van der Waals surface area (Å²) in [6, 6.07) is 22.8. The van der Waals surface area contributed by atoms with Crippen molar-refractivity contribution in [2.24, 2.45) is 0 Å². The summed E-state index contributed by atoms with van der Waals surface area (Å²) in [7, 11) is -3.76. The van der Waals surface area contributed by atoms with Crippen LogP contribution in [-0.4, -0.2) is 55.3 Å². The van der Waals surface area contributed by atoms with Gasteiger partial charge in [-0.3, -0.25) is 9.69 Å². The monoisotopic (exact) mass is 574 g/mol. The maximum Gasteiger partial charge on any atom is 0.254 e. The Hall–Kier alpha value is -3.20. The van der Waals surface area contributed by atoms with Crippen LogP contribution in [0.2, 0.25) is 0 Å². The minimum atomic E-state index is -3.76. The zero-order chi connectivity index (χ0) is 29.2. The molecule has 5 rings (SSSR count). The number of aryl methyl sites for hydroxylation is 1. The van der Waals surface area contributed by atoms with Gasteiger partial charge in [0.15, 0.2) is 0 Å². The molecule has 3 aromatic rings. The summed E-state index contributed by atoms with van der Waals surface area (Å²) in [5, 5.41) is 3.53. The molecule has 0 aliphatic carbocycles. The molecule has 1 amide bonds. The first-order valence-electron chi connectivity index (χ1n) is 14.7. The minimum absolute atomic E-state index is 0.0107. The van der Waals surface area contributed by atoms with Crippen molar-refractivity contribution in [3.8, 4) is 0 Å². The predicted octanol–water partition coefficient (Wildman–Crippen LogP) is 5.60. The van der Waals surface area contributed by atoms with E-state index in [1.54, 1.807) is 12.1 Å². The molecule has 218 valence electrons. The molecule has 2 atom stereocenters. The number of rotatable bonds is 9. The van der Waals surface area contributed by atoms with Crippen LogP contribution in [0.3, 0.4) is 0 Å². The Labute approximate surface area is 245 Å². The summed E-state index contributed by atoms with van der Waals surface area (Å²) < 4.78 is 29.8. The van der Waals surface area contributed by atoms with Gasteiger partial charge in [-0.05, 0) is 87.1 Å². The minimum Gasteiger partial charge on any atom is -0.380 e. The summed E-state index contributed by atoms with van der Waals surface area (Å²) in [5.41, 5.74) is 4.29. The van der Waals surface area contributed by atoms with Crippen molar-refractivity contribution in [2.75, 3.05) is 25.0 Å². The lowest BCUT2D eigenvalue weighted by molar-refractivity contribution is 0.0693. The van der Waals surface area contributed by atoms with Crippen molar-refractivity contribution in [1.82, 2.24) is 14.5 Å². The van der Waals surface area contributed by atoms with Gasteiger partial charge in [0.1, 0.15) is 0 Å². The Balaban J connectivity index is 1.36. The lowest BCUT2D eigenvalue weighted by atomic mass is 9.85. The first-order valence-corrected chi connectivity index (χ1v) is 16.2. The number of nitrogens with zero attached hydrogens (tertiary/aromatic N) is 2. The second kappa shape index (κ2) is 12.0. The van der Waals surface area contributed by atoms with Crippen LogP contribution in [0.1, 0.15) is 73.6 Å². The van der Waals surface area contributed by atoms with E-state index in [-0.39, 0.29) is 22.4 Å². The van der Waals surface area contributed by atoms with Crippen LogP contribution in [0.5, 0.6) is 0 Å². The van der Waals surface area contributed by atoms with E-state index in [1.165, 1.54) is 5.56 Å². The highest BCUT2D eigenvalue weighted by atomic mass is 32.2. The van der Waals surface area contributed by atoms with Crippen LogP contribution in [0.4, 0.5) is 5.69 Å². The summed E-state index contributed by atoms with van der Waals surface area (Å²) in [4.78, 5) is 18.5. The van der Waals surface area contributed by atoms with Crippen LogP contribution >= 0.6 is 0 Å². The quantitative estimate of drug-likeness (QED) is 0.348. The number of benzene rings is 3. The maximum atomic E-state index is 13.9. The molecular formula is C33H42N4O3S. The number of anilines is 1. The average Bonchev–Trinajstić information content (AvgIpc) is 3.41. The van der Waals surface area contributed by atoms with E-state index in [9.17, 15) is 13.2 Å². The van der Waals surface area contributed by atoms with Gasteiger partial charge in [-0.25, -0.2) is 13.1 Å². The lowest BCUT2D eigenvalue weighted by Gasteiger charge is -2.39. The van der Waals surface area contributed by atoms with Gasteiger partial charge in [-0.1, -0.05) is 49.4 Å². The number of sulfonamides is 1. The van der Waals surface area contributed by atoms with E-state index in [0.29, 0.717) is 18.5 Å². The zero-order valence-electron chi connectivity index (χ0n) is 24.6. The molecule has 7 nitrogen and oxygen atoms in total. The van der Waals surface area contributed by atoms with Crippen molar-refractivity contribution in [3.05, 3.63) is 95.1 Å². The van der Waals surface area contributed by atoms with Gasteiger partial charge >= 0.3 is 0 Å². The Bertz CT molecular complexity index is 1470. The summed E-state index contributed by atoms with van der Waals surface area (Å²) >= 11 is 0. The molecular weight excluding hydrogens is 532 g/mol. The Morgan fingerprint density at radius 3 is 2.44 bits per heavy atom. The van der Waals surface area contributed by atoms with E-state index < -0.39 is 16.1 Å². The molecule has 1 fully saturated rings. The van der Waals surface area contributed by atoms with Crippen molar-refractivity contribution < 1.29 is 13.2 Å². The highest BCUT2D eigenvalue weighted by Crippen LogP contribution is 2.39. The molecule has 3 aromatic carbocycles. The van der Waals surface area contributed by atoms with Crippen LogP contribution in [-0.2, 0) is 23.0 Å². The van der Waals surface area contributed by atoms with E-state index in [2.05, 4.69) is 53.1 Å². The van der Waals surface area contributed by atoms with Gasteiger partial charge in [0, 0.05) is 49.0 Å². The molecule has 41 heavy (non-hydrogen) atoms. The highest BCUT2D eigenvalue weighted by Gasteiger charge is 2.36. The van der Waals surface area contributed by atoms with Gasteiger partial charge in [0.25, 0.3) is 5.91 Å². The second-order valence-corrected chi connectivity index (χ2v) is 13.7. The van der Waals surface area contributed by atoms with Gasteiger partial charge in [0.05, 0.1) is 10.9 Å². The maximum absolute atomic E-state index is 13.9. The Kier molecular flexibility index (Phi) is 8.55. The highest BCUT2D eigenvalue weighted by molar-refractivity contribution is 7.89. The van der Waals surface area contributed by atoms with Gasteiger partial charge in [0.2, 0.25) is 10.0 Å². The third-order valence-corrected chi connectivity index (χ3v) is 9.83. The zero-order valence-corrected chi connectivity index (χ0v) is 25.4. The largest absolute Gasteiger partial charge is 0.380 e. The lowest BCUT2D eigenvalue weighted by Crippen LogP contribution is -2.43. The molecule has 2 aliphatic heterocycles. The molecule has 0 aromatic heterocycles. The van der Waals surface area contributed by atoms with Gasteiger partial charge < -0.3 is 10.2 Å². The summed E-state index contributed by atoms with van der Waals surface area (Å²) in [6.45, 7) is 11.5. The molecule has 2 aliphatic rings. The molecule has 1 unspecified atom stereocenters. The number of likely N-dealkylation sites (N-methyl/N-ethyl adjacent to an activating group) is 1. The van der Waals surface area contributed by atoms with E-state index >= 15 is 0 Å². The van der Waals surface area contributed by atoms with E-state index in [0.717, 1.165) is 49.3 Å². The van der Waals surface area contributed by atoms with E-state index in [4.69, 9.17) is 0 Å². The molecule has 2 heterocycles. The smallest absolute Gasteiger partial charge is 0.254 e. The number of likely N-dealkylation sites (tertiary alicyclic amines) is 1. The number of carbonyl (C=O) groups is 1. The fourth-order valence-corrected chi connectivity index (χ4v) is 7.40. The fourth-order valence-electron chi connectivity index (χ4n) is 6.18. The normalized spacial score (nSPS) is 20.3. The number of carbonyl (C=O) groups excluding carboxylic acids is 1. The number of hydrogen-bond acceptors (Lipinski definition) is 5. The molecule has 0 saturated carbocycles. The standard InChI is InChI=1S/C33H42N4O3S/c1-5-24-12-15-28(16-13-24)41(39,40)35-31-21-33(3,4)34-30-17-14-26(20-29(30)31)32(38)37(6-2)27-18-19-36(23-27)22-25-10-8-7-9-11-25/h7-17,20,27,31,34-35H,5-6,18-19,21-23H2,1-4H3/t27?,31-/m0/s1. The fraction of sp³-hybridized carbons (Fsp3) is 0.424. The Morgan fingerprint density at radius 2 is 1.76 bits per heavy atom. The predicted molar refractivity (Wildman–Crippen MR) is 164 cm³/mol. The van der Waals surface area contributed by atoms with Crippen molar-refractivity contribution in [2.45, 2.75) is 76.0 Å². The SMILES string of the molecule is CCc1ccc(S(=O)(=O)N[C@H]2CC(C)(C)Nc3ccc(C(=O)N(CC)C4CCN(Cc5ccccc5)C4)cc32)cc1. The number of fused-ring (bicyclic) bond motifs is 1. The second-order valence-electron chi connectivity index (χ2n) is 11.9. The third-order valence-electron chi connectivity index (χ3n) is 8.34. The van der Waals surface area contributed by atoms with Crippen molar-refractivity contribution in [3.63, 3.8) is 0 Å². The first-order chi connectivity index (χ1) is 19.6. The molecule has 0 spiro atoms. The first kappa shape index (κ1) is 29.3. The topological polar surface area (TPSA) is 81.8 Å². The third kappa shape index (κ3) is 6.66. The number of nitrogens with one attached hydrogen (secondary N) is 2. The molecule has 8 heteroatoms. The van der Waals surface area contributed by atoms with Crippen molar-refractivity contribution in [1.29, 1.82) is 0 Å². The van der Waals surface area contributed by atoms with E-state index in [1.807, 2.05) is 55.1 Å². The number of hydrogen-bond donors (Lipinski definition) is 2. The number of amides is 1. The average molecular weight is 575 g/mol. The van der Waals surface area contributed by atoms with Gasteiger partial charge in [-0.15, -0.1) is 0 Å². The van der Waals surface area contributed by atoms with Crippen molar-refractivity contribution >= 4 is 21.6 Å². The van der Waals surface area contributed by atoms with Gasteiger partial charge in [-0.2, -0.15) is 0 Å². The van der Waals surface area contributed by atoms with Crippen LogP contribution < -0.4 is 10.0 Å². The van der Waals surface area contributed by atoms with Crippen LogP contribution in [0, 0.1) is 0 Å². The van der Waals surface area contributed by atoms with Crippen LogP contribution in [0.15, 0.2) is 77.7 Å².